The SMILES string of the molecule is C/C=C(\C)Cn1c(=O)n2c3c(cccc31)C=CC2. The zero-order chi connectivity index (χ0) is 12.7. The summed E-state index contributed by atoms with van der Waals surface area (Å²) in [4.78, 5) is 12.4. The van der Waals surface area contributed by atoms with E-state index in [0.717, 1.165) is 16.6 Å². The molecule has 92 valence electrons. The van der Waals surface area contributed by atoms with Crippen LogP contribution in [0.4, 0.5) is 0 Å². The number of hydrogen-bond donors (Lipinski definition) is 0. The van der Waals surface area contributed by atoms with Gasteiger partial charge in [-0.1, -0.05) is 35.9 Å². The highest BCUT2D eigenvalue weighted by atomic mass is 16.1. The molecule has 0 saturated heterocycles. The Morgan fingerprint density at radius 3 is 3.06 bits per heavy atom. The summed E-state index contributed by atoms with van der Waals surface area (Å²) in [5.74, 6) is 0. The first-order valence-corrected chi connectivity index (χ1v) is 6.22. The van der Waals surface area contributed by atoms with Gasteiger partial charge in [0.15, 0.2) is 0 Å². The summed E-state index contributed by atoms with van der Waals surface area (Å²) in [6.45, 7) is 5.40. The lowest BCUT2D eigenvalue weighted by Gasteiger charge is -2.07. The molecule has 3 heteroatoms. The Bertz CT molecular complexity index is 729. The van der Waals surface area contributed by atoms with Gasteiger partial charge in [0.1, 0.15) is 0 Å². The summed E-state index contributed by atoms with van der Waals surface area (Å²) in [5, 5.41) is 0. The summed E-state index contributed by atoms with van der Waals surface area (Å²) in [6.07, 6.45) is 6.18. The highest BCUT2D eigenvalue weighted by molar-refractivity contribution is 5.87. The molecule has 0 radical (unpaired) electrons. The van der Waals surface area contributed by atoms with Crippen LogP contribution in [0.2, 0.25) is 0 Å². The molecular weight excluding hydrogens is 224 g/mol. The summed E-state index contributed by atoms with van der Waals surface area (Å²) < 4.78 is 3.72. The maximum Gasteiger partial charge on any atom is 0.329 e. The van der Waals surface area contributed by atoms with Gasteiger partial charge in [-0.15, -0.1) is 0 Å². The van der Waals surface area contributed by atoms with Crippen molar-refractivity contribution in [1.29, 1.82) is 0 Å². The van der Waals surface area contributed by atoms with Gasteiger partial charge in [-0.3, -0.25) is 9.13 Å². The van der Waals surface area contributed by atoms with E-state index >= 15 is 0 Å². The van der Waals surface area contributed by atoms with Gasteiger partial charge in [-0.05, 0) is 19.9 Å². The van der Waals surface area contributed by atoms with Crippen LogP contribution in [0.1, 0.15) is 19.4 Å². The second kappa shape index (κ2) is 4.02. The minimum Gasteiger partial charge on any atom is -0.288 e. The topological polar surface area (TPSA) is 26.9 Å². The molecule has 1 aliphatic heterocycles. The number of allylic oxidation sites excluding steroid dienone is 3. The number of nitrogens with zero attached hydrogens (tertiary/aromatic N) is 2. The van der Waals surface area contributed by atoms with Crippen molar-refractivity contribution in [2.24, 2.45) is 0 Å². The Balaban J connectivity index is 2.33. The maximum absolute atomic E-state index is 12.4. The van der Waals surface area contributed by atoms with Crippen LogP contribution in [-0.4, -0.2) is 9.13 Å². The minimum atomic E-state index is 0.0861. The Morgan fingerprint density at radius 1 is 1.44 bits per heavy atom. The second-order valence-electron chi connectivity index (χ2n) is 4.73. The van der Waals surface area contributed by atoms with Crippen LogP contribution in [-0.2, 0) is 13.1 Å². The minimum absolute atomic E-state index is 0.0861. The second-order valence-corrected chi connectivity index (χ2v) is 4.73. The number of rotatable bonds is 2. The normalized spacial score (nSPS) is 14.4. The molecule has 0 unspecified atom stereocenters. The molecule has 2 heterocycles. The van der Waals surface area contributed by atoms with Crippen molar-refractivity contribution >= 4 is 17.1 Å². The lowest BCUT2D eigenvalue weighted by atomic mass is 10.1. The van der Waals surface area contributed by atoms with Crippen molar-refractivity contribution in [3.8, 4) is 0 Å². The van der Waals surface area contributed by atoms with Crippen LogP contribution >= 0.6 is 0 Å². The van der Waals surface area contributed by atoms with E-state index in [4.69, 9.17) is 0 Å². The average molecular weight is 240 g/mol. The van der Waals surface area contributed by atoms with Crippen molar-refractivity contribution in [1.82, 2.24) is 9.13 Å². The van der Waals surface area contributed by atoms with E-state index in [0.29, 0.717) is 13.1 Å². The summed E-state index contributed by atoms with van der Waals surface area (Å²) in [7, 11) is 0. The number of hydrogen-bond acceptors (Lipinski definition) is 1. The highest BCUT2D eigenvalue weighted by Gasteiger charge is 2.16. The molecule has 0 atom stereocenters. The van der Waals surface area contributed by atoms with Crippen LogP contribution in [0, 0.1) is 0 Å². The molecule has 0 amide bonds. The van der Waals surface area contributed by atoms with Gasteiger partial charge in [0.25, 0.3) is 0 Å². The van der Waals surface area contributed by atoms with Gasteiger partial charge in [-0.25, -0.2) is 4.79 Å². The van der Waals surface area contributed by atoms with E-state index < -0.39 is 0 Å². The monoisotopic (exact) mass is 240 g/mol. The first kappa shape index (κ1) is 11.1. The number of benzene rings is 1. The molecule has 0 spiro atoms. The first-order chi connectivity index (χ1) is 8.72. The molecule has 0 saturated carbocycles. The zero-order valence-electron chi connectivity index (χ0n) is 10.7. The van der Waals surface area contributed by atoms with Crippen LogP contribution in [0.15, 0.2) is 40.7 Å². The van der Waals surface area contributed by atoms with Crippen molar-refractivity contribution in [2.75, 3.05) is 0 Å². The molecule has 0 N–H and O–H groups in total. The van der Waals surface area contributed by atoms with Crippen molar-refractivity contribution < 1.29 is 0 Å². The standard InChI is InChI=1S/C15H16N2O/c1-3-11(2)10-17-13-8-4-6-12-7-5-9-16(14(12)13)15(17)18/h3-8H,9-10H2,1-2H3/b11-3+. The van der Waals surface area contributed by atoms with E-state index in [2.05, 4.69) is 25.1 Å². The summed E-state index contributed by atoms with van der Waals surface area (Å²) in [6, 6.07) is 6.10. The highest BCUT2D eigenvalue weighted by Crippen LogP contribution is 2.23. The van der Waals surface area contributed by atoms with E-state index in [1.165, 1.54) is 5.57 Å². The molecule has 1 aliphatic rings. The summed E-state index contributed by atoms with van der Waals surface area (Å²) >= 11 is 0. The van der Waals surface area contributed by atoms with Crippen LogP contribution in [0.3, 0.4) is 0 Å². The molecule has 0 bridgehead atoms. The molecule has 0 fully saturated rings. The lowest BCUT2D eigenvalue weighted by Crippen LogP contribution is -2.24. The van der Waals surface area contributed by atoms with Gasteiger partial charge < -0.3 is 0 Å². The number of imidazole rings is 1. The smallest absolute Gasteiger partial charge is 0.288 e. The number of para-hydroxylation sites is 1. The third-order valence-electron chi connectivity index (χ3n) is 3.55. The fourth-order valence-corrected chi connectivity index (χ4v) is 2.49. The van der Waals surface area contributed by atoms with E-state index in [-0.39, 0.29) is 5.69 Å². The third kappa shape index (κ3) is 1.47. The van der Waals surface area contributed by atoms with Crippen molar-refractivity contribution in [3.05, 3.63) is 52.0 Å². The fraction of sp³-hybridized carbons (Fsp3) is 0.267. The Labute approximate surface area is 106 Å². The van der Waals surface area contributed by atoms with E-state index in [1.54, 1.807) is 0 Å². The molecule has 3 nitrogen and oxygen atoms in total. The van der Waals surface area contributed by atoms with Crippen LogP contribution in [0.5, 0.6) is 0 Å². The Kier molecular flexibility index (Phi) is 2.47. The predicted octanol–water partition coefficient (Wildman–Crippen LogP) is 2.80. The third-order valence-corrected chi connectivity index (χ3v) is 3.55. The maximum atomic E-state index is 12.4. The van der Waals surface area contributed by atoms with Gasteiger partial charge in [0.05, 0.1) is 11.0 Å². The average Bonchev–Trinajstić information content (AvgIpc) is 2.67. The van der Waals surface area contributed by atoms with Crippen molar-refractivity contribution in [3.63, 3.8) is 0 Å². The fourth-order valence-electron chi connectivity index (χ4n) is 2.49. The van der Waals surface area contributed by atoms with Crippen LogP contribution in [0.25, 0.3) is 17.1 Å². The number of aromatic nitrogens is 2. The van der Waals surface area contributed by atoms with E-state index in [1.807, 2.05) is 34.3 Å². The zero-order valence-corrected chi connectivity index (χ0v) is 10.7. The molecular formula is C15H16N2O. The molecule has 18 heavy (non-hydrogen) atoms. The molecule has 3 rings (SSSR count). The molecule has 0 aliphatic carbocycles. The summed E-state index contributed by atoms with van der Waals surface area (Å²) in [5.41, 5.74) is 4.52. The lowest BCUT2D eigenvalue weighted by molar-refractivity contribution is 0.701. The van der Waals surface area contributed by atoms with Crippen LogP contribution < -0.4 is 5.69 Å². The van der Waals surface area contributed by atoms with Gasteiger partial charge in [0, 0.05) is 18.7 Å². The Morgan fingerprint density at radius 2 is 2.28 bits per heavy atom. The van der Waals surface area contributed by atoms with E-state index in [9.17, 15) is 4.79 Å². The Hall–Kier alpha value is -2.03. The molecule has 1 aromatic carbocycles. The molecule has 1 aromatic heterocycles. The molecule has 2 aromatic rings. The van der Waals surface area contributed by atoms with Gasteiger partial charge in [-0.2, -0.15) is 0 Å². The predicted molar refractivity (Wildman–Crippen MR) is 74.7 cm³/mol. The van der Waals surface area contributed by atoms with Gasteiger partial charge in [0.2, 0.25) is 0 Å². The largest absolute Gasteiger partial charge is 0.329 e. The quantitative estimate of drug-likeness (QED) is 0.741. The first-order valence-electron chi connectivity index (χ1n) is 6.22. The van der Waals surface area contributed by atoms with Gasteiger partial charge >= 0.3 is 5.69 Å². The van der Waals surface area contributed by atoms with Crippen molar-refractivity contribution in [2.45, 2.75) is 26.9 Å².